The molecule has 0 aromatic carbocycles. The van der Waals surface area contributed by atoms with Gasteiger partial charge in [0.05, 0.1) is 0 Å². The first-order valence-corrected chi connectivity index (χ1v) is 29.7. The zero-order chi connectivity index (χ0) is 51.4. The summed E-state index contributed by atoms with van der Waals surface area (Å²) >= 11 is 0. The Morgan fingerprint density at radius 3 is 0.930 bits per heavy atom. The van der Waals surface area contributed by atoms with Gasteiger partial charge in [-0.05, 0) is 116 Å². The average Bonchev–Trinajstić information content (AvgIpc) is 3.37. The summed E-state index contributed by atoms with van der Waals surface area (Å²) in [6.45, 7) is 6.45. The van der Waals surface area contributed by atoms with E-state index in [4.69, 9.17) is 14.2 Å². The monoisotopic (exact) mass is 987 g/mol. The minimum Gasteiger partial charge on any atom is -0.462 e. The molecule has 0 rings (SSSR count). The summed E-state index contributed by atoms with van der Waals surface area (Å²) in [5, 5.41) is 0. The van der Waals surface area contributed by atoms with Crippen molar-refractivity contribution in [2.24, 2.45) is 0 Å². The minimum absolute atomic E-state index is 0.0948. The smallest absolute Gasteiger partial charge is 0.306 e. The first-order chi connectivity index (χ1) is 35.0. The van der Waals surface area contributed by atoms with E-state index in [0.29, 0.717) is 12.8 Å². The molecule has 0 aromatic heterocycles. The highest BCUT2D eigenvalue weighted by Gasteiger charge is 2.19. The van der Waals surface area contributed by atoms with Gasteiger partial charge >= 0.3 is 17.9 Å². The van der Waals surface area contributed by atoms with Crippen molar-refractivity contribution in [1.29, 1.82) is 0 Å². The fraction of sp³-hybridized carbons (Fsp3) is 0.708. The van der Waals surface area contributed by atoms with Crippen molar-refractivity contribution in [1.82, 2.24) is 0 Å². The van der Waals surface area contributed by atoms with Crippen molar-refractivity contribution in [2.45, 2.75) is 284 Å². The lowest BCUT2D eigenvalue weighted by atomic mass is 10.0. The molecule has 0 aliphatic carbocycles. The summed E-state index contributed by atoms with van der Waals surface area (Å²) in [4.78, 5) is 38.1. The maximum Gasteiger partial charge on any atom is 0.306 e. The van der Waals surface area contributed by atoms with E-state index in [1.54, 1.807) is 0 Å². The summed E-state index contributed by atoms with van der Waals surface area (Å²) in [7, 11) is 0. The third-order valence-electron chi connectivity index (χ3n) is 12.5. The van der Waals surface area contributed by atoms with Crippen LogP contribution in [0.5, 0.6) is 0 Å². The maximum atomic E-state index is 12.9. The average molecular weight is 988 g/mol. The van der Waals surface area contributed by atoms with E-state index in [1.165, 1.54) is 122 Å². The quantitative estimate of drug-likeness (QED) is 0.0261. The van der Waals surface area contributed by atoms with Gasteiger partial charge in [0.15, 0.2) is 6.10 Å². The van der Waals surface area contributed by atoms with E-state index in [9.17, 15) is 14.4 Å². The van der Waals surface area contributed by atoms with Gasteiger partial charge in [-0.1, -0.05) is 240 Å². The van der Waals surface area contributed by atoms with Gasteiger partial charge in [0.2, 0.25) is 0 Å². The van der Waals surface area contributed by atoms with E-state index in [2.05, 4.69) is 118 Å². The Morgan fingerprint density at radius 2 is 0.563 bits per heavy atom. The lowest BCUT2D eigenvalue weighted by Crippen LogP contribution is -2.30. The van der Waals surface area contributed by atoms with Gasteiger partial charge < -0.3 is 14.2 Å². The van der Waals surface area contributed by atoms with Gasteiger partial charge in [0.1, 0.15) is 13.2 Å². The molecular weight excluding hydrogens is 877 g/mol. The number of carbonyl (C=O) groups is 3. The van der Waals surface area contributed by atoms with Crippen LogP contribution in [0.25, 0.3) is 0 Å². The molecule has 71 heavy (non-hydrogen) atoms. The SMILES string of the molecule is CC/C=C\C/C=C\C/C=C\C/C=C\C/C=C\CCCCCC(=O)OC(COC(=O)CCCCCCC/C=C\CCCC)COC(=O)CCCCCCCCCCCCC/C=C\C/C=C\CCCCCCC. The fourth-order valence-corrected chi connectivity index (χ4v) is 8.07. The molecule has 6 nitrogen and oxygen atoms in total. The second-order valence-electron chi connectivity index (χ2n) is 19.5. The molecule has 0 amide bonds. The number of ether oxygens (including phenoxy) is 3. The van der Waals surface area contributed by atoms with E-state index in [-0.39, 0.29) is 37.5 Å². The molecular formula is C65H110O6. The third-order valence-corrected chi connectivity index (χ3v) is 12.5. The molecule has 0 heterocycles. The zero-order valence-electron chi connectivity index (χ0n) is 46.5. The lowest BCUT2D eigenvalue weighted by molar-refractivity contribution is -0.167. The normalized spacial score (nSPS) is 12.8. The molecule has 0 bridgehead atoms. The molecule has 6 heteroatoms. The molecule has 0 saturated heterocycles. The molecule has 0 N–H and O–H groups in total. The molecule has 0 fully saturated rings. The number of esters is 3. The number of carbonyl (C=O) groups excluding carboxylic acids is 3. The van der Waals surface area contributed by atoms with Crippen LogP contribution in [0.15, 0.2) is 97.2 Å². The molecule has 406 valence electrons. The minimum atomic E-state index is -0.800. The summed E-state index contributed by atoms with van der Waals surface area (Å²) in [5.41, 5.74) is 0. The van der Waals surface area contributed by atoms with Crippen molar-refractivity contribution < 1.29 is 28.6 Å². The van der Waals surface area contributed by atoms with Crippen LogP contribution < -0.4 is 0 Å². The molecule has 1 atom stereocenters. The Hall–Kier alpha value is -3.67. The van der Waals surface area contributed by atoms with Crippen LogP contribution in [0.3, 0.4) is 0 Å². The second-order valence-corrected chi connectivity index (χ2v) is 19.5. The first-order valence-electron chi connectivity index (χ1n) is 29.7. The largest absolute Gasteiger partial charge is 0.462 e. The third kappa shape index (κ3) is 57.1. The van der Waals surface area contributed by atoms with Crippen LogP contribution in [0.4, 0.5) is 0 Å². The molecule has 0 aromatic rings. The van der Waals surface area contributed by atoms with Crippen LogP contribution in [-0.2, 0) is 28.6 Å². The molecule has 0 radical (unpaired) electrons. The predicted octanol–water partition coefficient (Wildman–Crippen LogP) is 20.1. The summed E-state index contributed by atoms with van der Waals surface area (Å²) in [5.74, 6) is -0.936. The van der Waals surface area contributed by atoms with Gasteiger partial charge in [0.25, 0.3) is 0 Å². The highest BCUT2D eigenvalue weighted by atomic mass is 16.6. The van der Waals surface area contributed by atoms with E-state index in [0.717, 1.165) is 116 Å². The van der Waals surface area contributed by atoms with Crippen molar-refractivity contribution in [2.75, 3.05) is 13.2 Å². The summed E-state index contributed by atoms with van der Waals surface area (Å²) in [6, 6.07) is 0. The Kier molecular flexibility index (Phi) is 55.9. The Morgan fingerprint density at radius 1 is 0.296 bits per heavy atom. The Balaban J connectivity index is 4.36. The van der Waals surface area contributed by atoms with Crippen LogP contribution >= 0.6 is 0 Å². The Bertz CT molecular complexity index is 1410. The molecule has 0 saturated carbocycles. The summed E-state index contributed by atoms with van der Waals surface area (Å²) < 4.78 is 16.8. The van der Waals surface area contributed by atoms with Gasteiger partial charge in [0, 0.05) is 19.3 Å². The lowest BCUT2D eigenvalue weighted by Gasteiger charge is -2.18. The Labute approximate surface area is 438 Å². The van der Waals surface area contributed by atoms with Crippen LogP contribution in [0.2, 0.25) is 0 Å². The number of rotatable bonds is 53. The van der Waals surface area contributed by atoms with Crippen molar-refractivity contribution >= 4 is 17.9 Å². The highest BCUT2D eigenvalue weighted by molar-refractivity contribution is 5.71. The van der Waals surface area contributed by atoms with Gasteiger partial charge in [-0.3, -0.25) is 14.4 Å². The van der Waals surface area contributed by atoms with E-state index < -0.39 is 6.10 Å². The second kappa shape index (κ2) is 58.9. The number of allylic oxidation sites excluding steroid dienone is 16. The van der Waals surface area contributed by atoms with Gasteiger partial charge in [-0.25, -0.2) is 0 Å². The van der Waals surface area contributed by atoms with E-state index >= 15 is 0 Å². The standard InChI is InChI=1S/C65H110O6/c1-4-7-10-13-16-19-22-24-26-28-30-31-32-33-35-36-38-40-43-46-49-52-55-58-64(67)70-61-62(60-69-63(66)57-54-51-48-45-42-21-18-15-12-9-6-3)71-65(68)59-56-53-50-47-44-41-39-37-34-29-27-25-23-20-17-14-11-8-5-2/h8,11,15,17-18,20,22,24-25,27-28,30,34,37,41,44,62H,4-7,9-10,12-14,16,19,21,23,26,29,31-33,35-36,38-40,42-43,45-61H2,1-3H3/b11-8-,18-15-,20-17-,24-22-,27-25-,30-28-,37-34-,44-41-. The van der Waals surface area contributed by atoms with Crippen molar-refractivity contribution in [3.8, 4) is 0 Å². The highest BCUT2D eigenvalue weighted by Crippen LogP contribution is 2.15. The molecule has 0 aliphatic heterocycles. The molecule has 0 aliphatic rings. The summed E-state index contributed by atoms with van der Waals surface area (Å²) in [6.07, 6.45) is 78.3. The van der Waals surface area contributed by atoms with E-state index in [1.807, 2.05) is 0 Å². The predicted molar refractivity (Wildman–Crippen MR) is 307 cm³/mol. The topological polar surface area (TPSA) is 78.9 Å². The number of unbranched alkanes of at least 4 members (excludes halogenated alkanes) is 26. The van der Waals surface area contributed by atoms with Crippen LogP contribution in [-0.4, -0.2) is 37.2 Å². The van der Waals surface area contributed by atoms with Crippen LogP contribution in [0, 0.1) is 0 Å². The van der Waals surface area contributed by atoms with Crippen molar-refractivity contribution in [3.05, 3.63) is 97.2 Å². The van der Waals surface area contributed by atoms with Gasteiger partial charge in [-0.15, -0.1) is 0 Å². The maximum absolute atomic E-state index is 12.9. The molecule has 1 unspecified atom stereocenters. The number of hydrogen-bond donors (Lipinski definition) is 0. The molecule has 0 spiro atoms. The fourth-order valence-electron chi connectivity index (χ4n) is 8.07. The van der Waals surface area contributed by atoms with Crippen molar-refractivity contribution in [3.63, 3.8) is 0 Å². The number of hydrogen-bond acceptors (Lipinski definition) is 6. The van der Waals surface area contributed by atoms with Gasteiger partial charge in [-0.2, -0.15) is 0 Å². The first kappa shape index (κ1) is 67.3. The zero-order valence-corrected chi connectivity index (χ0v) is 46.5. The van der Waals surface area contributed by atoms with Crippen LogP contribution in [0.1, 0.15) is 278 Å².